The Morgan fingerprint density at radius 3 is 2.67 bits per heavy atom. The van der Waals surface area contributed by atoms with Gasteiger partial charge in [0, 0.05) is 18.8 Å². The second kappa shape index (κ2) is 11.2. The fourth-order valence-corrected chi connectivity index (χ4v) is 5.92. The summed E-state index contributed by atoms with van der Waals surface area (Å²) in [5.41, 5.74) is 9.24. The average molecular weight is 513 g/mol. The lowest BCUT2D eigenvalue weighted by atomic mass is 9.89. The van der Waals surface area contributed by atoms with Crippen LogP contribution in [0.1, 0.15) is 75.5 Å². The van der Waals surface area contributed by atoms with Gasteiger partial charge in [-0.25, -0.2) is 4.98 Å². The normalized spacial score (nSPS) is 17.8. The number of nitrogens with two attached hydrogens (primary N) is 1. The molecule has 1 saturated carbocycles. The molecule has 1 saturated heterocycles. The summed E-state index contributed by atoms with van der Waals surface area (Å²) in [6, 6.07) is 2.96. The van der Waals surface area contributed by atoms with E-state index in [0.717, 1.165) is 42.4 Å². The maximum atomic E-state index is 6.45. The molecule has 4 heterocycles. The van der Waals surface area contributed by atoms with Crippen LogP contribution < -0.4 is 15.8 Å². The molecule has 0 aromatic carbocycles. The molecule has 0 unspecified atom stereocenters. The van der Waals surface area contributed by atoms with Crippen LogP contribution in [0.4, 0.5) is 11.8 Å². The van der Waals surface area contributed by atoms with Crippen LogP contribution in [0.2, 0.25) is 5.15 Å². The number of rotatable bonds is 9. The fraction of sp³-hybridized carbons (Fsp3) is 0.615. The van der Waals surface area contributed by atoms with Gasteiger partial charge in [-0.05, 0) is 62.7 Å². The zero-order chi connectivity index (χ0) is 25.1. The van der Waals surface area contributed by atoms with E-state index in [2.05, 4.69) is 38.3 Å². The first kappa shape index (κ1) is 25.0. The summed E-state index contributed by atoms with van der Waals surface area (Å²) in [4.78, 5) is 16.3. The van der Waals surface area contributed by atoms with Gasteiger partial charge < -0.3 is 20.7 Å². The van der Waals surface area contributed by atoms with Crippen LogP contribution in [-0.4, -0.2) is 62.4 Å². The maximum Gasteiger partial charge on any atom is 0.222 e. The molecule has 3 aromatic rings. The van der Waals surface area contributed by atoms with E-state index in [9.17, 15) is 0 Å². The number of methoxy groups -OCH3 is 1. The molecule has 0 bridgehead atoms. The molecule has 194 valence electrons. The Morgan fingerprint density at radius 1 is 1.17 bits per heavy atom. The van der Waals surface area contributed by atoms with E-state index in [4.69, 9.17) is 27.1 Å². The number of aromatic nitrogens is 5. The number of hydrogen-bond acceptors (Lipinski definition) is 8. The Balaban J connectivity index is 1.36. The average Bonchev–Trinajstić information content (AvgIpc) is 3.53. The van der Waals surface area contributed by atoms with E-state index in [1.54, 1.807) is 11.8 Å². The van der Waals surface area contributed by atoms with Gasteiger partial charge in [-0.1, -0.05) is 37.8 Å². The number of halogens is 1. The van der Waals surface area contributed by atoms with Crippen molar-refractivity contribution in [3.8, 4) is 5.75 Å². The highest BCUT2D eigenvalue weighted by Gasteiger charge is 2.28. The van der Waals surface area contributed by atoms with Crippen molar-refractivity contribution in [1.29, 1.82) is 0 Å². The Bertz CT molecular complexity index is 1180. The molecule has 5 rings (SSSR count). The van der Waals surface area contributed by atoms with Gasteiger partial charge >= 0.3 is 0 Å². The van der Waals surface area contributed by atoms with Crippen molar-refractivity contribution in [2.24, 2.45) is 0 Å². The second-order valence-corrected chi connectivity index (χ2v) is 10.4. The van der Waals surface area contributed by atoms with Gasteiger partial charge in [0.05, 0.1) is 13.7 Å². The maximum absolute atomic E-state index is 6.45. The molecule has 10 heteroatoms. The van der Waals surface area contributed by atoms with Crippen molar-refractivity contribution in [3.05, 3.63) is 28.7 Å². The number of ether oxygens (including phenoxy) is 1. The van der Waals surface area contributed by atoms with Gasteiger partial charge in [0.25, 0.3) is 0 Å². The zero-order valence-electron chi connectivity index (χ0n) is 21.3. The van der Waals surface area contributed by atoms with Crippen molar-refractivity contribution < 1.29 is 4.74 Å². The number of fused-ring (bicyclic) bond motifs is 1. The molecule has 3 aromatic heterocycles. The van der Waals surface area contributed by atoms with Crippen LogP contribution in [0.25, 0.3) is 11.0 Å². The molecule has 1 aliphatic carbocycles. The first-order valence-corrected chi connectivity index (χ1v) is 13.7. The molecule has 1 aliphatic heterocycles. The highest BCUT2D eigenvalue weighted by molar-refractivity contribution is 6.34. The predicted octanol–water partition coefficient (Wildman–Crippen LogP) is 4.85. The van der Waals surface area contributed by atoms with Crippen LogP contribution in [0, 0.1) is 0 Å². The molecule has 9 nitrogen and oxygen atoms in total. The predicted molar refractivity (Wildman–Crippen MR) is 144 cm³/mol. The standard InChI is InChI=1S/C26H37ClN8O/c1-3-4-11-29-25-23-22(31-26(28)32-25)24(27)33-35(23)16-20-21(36-2)14-18(15-30-20)17-9-12-34(13-10-17)19-7-5-6-8-19/h14-15,17,19H,3-13,16H2,1-2H3,(H3,28,29,31,32). The van der Waals surface area contributed by atoms with Gasteiger partial charge in [0.2, 0.25) is 5.95 Å². The first-order chi connectivity index (χ1) is 17.6. The minimum atomic E-state index is 0.169. The van der Waals surface area contributed by atoms with Crippen LogP contribution in [0.3, 0.4) is 0 Å². The van der Waals surface area contributed by atoms with Gasteiger partial charge in [-0.2, -0.15) is 10.1 Å². The minimum absolute atomic E-state index is 0.169. The van der Waals surface area contributed by atoms with E-state index in [1.165, 1.54) is 57.2 Å². The van der Waals surface area contributed by atoms with Crippen molar-refractivity contribution >= 4 is 34.4 Å². The molecule has 36 heavy (non-hydrogen) atoms. The molecule has 2 aliphatic rings. The Hall–Kier alpha value is -2.65. The van der Waals surface area contributed by atoms with Crippen LogP contribution in [0.15, 0.2) is 12.3 Å². The monoisotopic (exact) mass is 512 g/mol. The highest BCUT2D eigenvalue weighted by atomic mass is 35.5. The van der Waals surface area contributed by atoms with Gasteiger partial charge in [0.15, 0.2) is 11.0 Å². The molecule has 0 radical (unpaired) electrons. The molecule has 3 N–H and O–H groups in total. The lowest BCUT2D eigenvalue weighted by Crippen LogP contribution is -2.39. The summed E-state index contributed by atoms with van der Waals surface area (Å²) in [5, 5.41) is 8.19. The lowest BCUT2D eigenvalue weighted by Gasteiger charge is -2.36. The molecule has 0 amide bonds. The van der Waals surface area contributed by atoms with Crippen molar-refractivity contribution in [1.82, 2.24) is 29.6 Å². The third kappa shape index (κ3) is 5.22. The zero-order valence-corrected chi connectivity index (χ0v) is 22.1. The molecular formula is C26H37ClN8O. The van der Waals surface area contributed by atoms with Crippen LogP contribution in [-0.2, 0) is 6.54 Å². The summed E-state index contributed by atoms with van der Waals surface area (Å²) in [5.74, 6) is 2.09. The molecular weight excluding hydrogens is 476 g/mol. The largest absolute Gasteiger partial charge is 0.495 e. The SMILES string of the molecule is CCCCNc1nc(N)nc2c(Cl)nn(Cc3ncc(C4CCN(C5CCCC5)CC4)cc3OC)c12. The summed E-state index contributed by atoms with van der Waals surface area (Å²) in [6.07, 6.45) is 12.0. The van der Waals surface area contributed by atoms with Gasteiger partial charge in [0.1, 0.15) is 22.5 Å². The Labute approximate surface area is 217 Å². The lowest BCUT2D eigenvalue weighted by molar-refractivity contribution is 0.154. The molecule has 0 atom stereocenters. The van der Waals surface area contributed by atoms with E-state index in [-0.39, 0.29) is 5.95 Å². The fourth-order valence-electron chi connectivity index (χ4n) is 5.70. The smallest absolute Gasteiger partial charge is 0.222 e. The number of hydrogen-bond donors (Lipinski definition) is 2. The third-order valence-corrected chi connectivity index (χ3v) is 7.95. The van der Waals surface area contributed by atoms with Gasteiger partial charge in [-0.15, -0.1) is 0 Å². The van der Waals surface area contributed by atoms with Crippen molar-refractivity contribution in [2.45, 2.75) is 76.8 Å². The topological polar surface area (TPSA) is 107 Å². The number of nitrogen functional groups attached to an aromatic ring is 1. The number of unbranched alkanes of at least 4 members (excludes halogenated alkanes) is 1. The summed E-state index contributed by atoms with van der Waals surface area (Å²) in [6.45, 7) is 5.67. The van der Waals surface area contributed by atoms with Gasteiger partial charge in [-0.3, -0.25) is 9.67 Å². The Kier molecular flexibility index (Phi) is 7.76. The Morgan fingerprint density at radius 2 is 1.94 bits per heavy atom. The number of likely N-dealkylation sites (tertiary alicyclic amines) is 1. The minimum Gasteiger partial charge on any atom is -0.495 e. The van der Waals surface area contributed by atoms with Crippen molar-refractivity contribution in [3.63, 3.8) is 0 Å². The van der Waals surface area contributed by atoms with E-state index >= 15 is 0 Å². The number of pyridine rings is 1. The summed E-state index contributed by atoms with van der Waals surface area (Å²) in [7, 11) is 1.70. The first-order valence-electron chi connectivity index (χ1n) is 13.3. The third-order valence-electron chi connectivity index (χ3n) is 7.70. The van der Waals surface area contributed by atoms with E-state index in [1.807, 2.05) is 6.20 Å². The quantitative estimate of drug-likeness (QED) is 0.392. The van der Waals surface area contributed by atoms with Crippen molar-refractivity contribution in [2.75, 3.05) is 37.8 Å². The number of anilines is 2. The second-order valence-electron chi connectivity index (χ2n) is 10.0. The molecule has 0 spiro atoms. The van der Waals surface area contributed by atoms with E-state index in [0.29, 0.717) is 29.0 Å². The number of nitrogens with zero attached hydrogens (tertiary/aromatic N) is 6. The summed E-state index contributed by atoms with van der Waals surface area (Å²) < 4.78 is 7.57. The van der Waals surface area contributed by atoms with E-state index < -0.39 is 0 Å². The number of piperidine rings is 1. The summed E-state index contributed by atoms with van der Waals surface area (Å²) >= 11 is 6.45. The van der Waals surface area contributed by atoms with Crippen LogP contribution >= 0.6 is 11.6 Å². The number of nitrogens with one attached hydrogen (secondary N) is 1. The molecule has 2 fully saturated rings. The highest BCUT2D eigenvalue weighted by Crippen LogP contribution is 2.35. The van der Waals surface area contributed by atoms with Crippen LogP contribution in [0.5, 0.6) is 5.75 Å².